The molecule has 0 spiro atoms. The van der Waals surface area contributed by atoms with E-state index in [1.807, 2.05) is 11.8 Å². The van der Waals surface area contributed by atoms with Crippen LogP contribution in [-0.2, 0) is 11.3 Å². The maximum atomic E-state index is 11.0. The molecule has 100 valence electrons. The van der Waals surface area contributed by atoms with Crippen LogP contribution in [0.3, 0.4) is 0 Å². The summed E-state index contributed by atoms with van der Waals surface area (Å²) < 4.78 is 5.08. The number of thioether (sulfide) groups is 1. The normalized spacial score (nSPS) is 24.3. The Bertz CT molecular complexity index is 422. The Morgan fingerprint density at radius 1 is 1.56 bits per heavy atom. The maximum absolute atomic E-state index is 11.0. The fourth-order valence-electron chi connectivity index (χ4n) is 2.01. The Morgan fingerprint density at radius 3 is 3.00 bits per heavy atom. The van der Waals surface area contributed by atoms with Gasteiger partial charge < -0.3 is 9.64 Å². The summed E-state index contributed by atoms with van der Waals surface area (Å²) in [6, 6.07) is 0.449. The smallest absolute Gasteiger partial charge is 0.186 e. The number of methoxy groups -OCH3 is 1. The number of aldehydes is 1. The molecule has 1 fully saturated rings. The third-order valence-electron chi connectivity index (χ3n) is 3.23. The van der Waals surface area contributed by atoms with Gasteiger partial charge in [-0.1, -0.05) is 18.3 Å². The van der Waals surface area contributed by atoms with Crippen molar-refractivity contribution in [3.8, 4) is 0 Å². The van der Waals surface area contributed by atoms with E-state index in [2.05, 4.69) is 23.7 Å². The first kappa shape index (κ1) is 13.8. The molecular formula is C12H18N2O2S2. The molecule has 1 aromatic heterocycles. The lowest BCUT2D eigenvalue weighted by Crippen LogP contribution is -2.44. The van der Waals surface area contributed by atoms with Gasteiger partial charge in [-0.05, 0) is 6.92 Å². The molecular weight excluding hydrogens is 268 g/mol. The number of anilines is 1. The number of carbonyl (C=O) groups is 1. The molecule has 1 aliphatic rings. The van der Waals surface area contributed by atoms with E-state index in [1.54, 1.807) is 7.11 Å². The van der Waals surface area contributed by atoms with Gasteiger partial charge in [0.25, 0.3) is 0 Å². The van der Waals surface area contributed by atoms with Crippen LogP contribution in [0.5, 0.6) is 0 Å². The van der Waals surface area contributed by atoms with Gasteiger partial charge in [0.15, 0.2) is 11.4 Å². The van der Waals surface area contributed by atoms with Gasteiger partial charge in [0.1, 0.15) is 0 Å². The Morgan fingerprint density at radius 2 is 2.33 bits per heavy atom. The summed E-state index contributed by atoms with van der Waals surface area (Å²) in [6.07, 6.45) is 0.877. The van der Waals surface area contributed by atoms with Crippen molar-refractivity contribution in [1.82, 2.24) is 4.98 Å². The summed E-state index contributed by atoms with van der Waals surface area (Å²) in [4.78, 5) is 18.6. The highest BCUT2D eigenvalue weighted by Crippen LogP contribution is 2.33. The largest absolute Gasteiger partial charge is 0.378 e. The van der Waals surface area contributed by atoms with Crippen LogP contribution in [0.25, 0.3) is 0 Å². The van der Waals surface area contributed by atoms with Crippen molar-refractivity contribution < 1.29 is 9.53 Å². The van der Waals surface area contributed by atoms with Crippen molar-refractivity contribution >= 4 is 34.5 Å². The third-order valence-corrected chi connectivity index (χ3v) is 5.63. The molecule has 0 N–H and O–H groups in total. The number of rotatable bonds is 4. The number of thiazole rings is 1. The van der Waals surface area contributed by atoms with Crippen LogP contribution in [0.4, 0.5) is 5.13 Å². The van der Waals surface area contributed by atoms with Crippen molar-refractivity contribution in [2.24, 2.45) is 0 Å². The molecule has 0 amide bonds. The lowest BCUT2D eigenvalue weighted by molar-refractivity contribution is 0.112. The van der Waals surface area contributed by atoms with Crippen LogP contribution in [0.15, 0.2) is 0 Å². The topological polar surface area (TPSA) is 42.4 Å². The second-order valence-corrected chi connectivity index (χ2v) is 6.86. The fraction of sp³-hybridized carbons (Fsp3) is 0.667. The molecule has 2 rings (SSSR count). The number of hydrogen-bond acceptors (Lipinski definition) is 6. The van der Waals surface area contributed by atoms with E-state index in [0.29, 0.717) is 22.8 Å². The van der Waals surface area contributed by atoms with Gasteiger partial charge in [0.2, 0.25) is 0 Å². The first-order chi connectivity index (χ1) is 8.67. The summed E-state index contributed by atoms with van der Waals surface area (Å²) in [5, 5.41) is 1.54. The van der Waals surface area contributed by atoms with Crippen LogP contribution in [0, 0.1) is 0 Å². The zero-order chi connectivity index (χ0) is 13.1. The average molecular weight is 286 g/mol. The number of nitrogens with zero attached hydrogens (tertiary/aromatic N) is 2. The maximum Gasteiger partial charge on any atom is 0.186 e. The minimum absolute atomic E-state index is 0.400. The first-order valence-electron chi connectivity index (χ1n) is 5.99. The fourth-order valence-corrected chi connectivity index (χ4v) is 4.11. The standard InChI is InChI=1S/C12H18N2O2S2/c1-8-9(2)17-5-4-14(8)12-13-10(7-16-3)11(6-15)18-12/h6,8-9H,4-5,7H2,1-3H3. The Balaban J connectivity index is 2.24. The zero-order valence-corrected chi connectivity index (χ0v) is 12.5. The van der Waals surface area contributed by atoms with E-state index in [9.17, 15) is 4.79 Å². The van der Waals surface area contributed by atoms with E-state index < -0.39 is 0 Å². The molecule has 1 saturated heterocycles. The molecule has 0 aliphatic carbocycles. The molecule has 18 heavy (non-hydrogen) atoms. The number of aromatic nitrogens is 1. The number of hydrogen-bond donors (Lipinski definition) is 0. The van der Waals surface area contributed by atoms with Gasteiger partial charge in [-0.15, -0.1) is 0 Å². The lowest BCUT2D eigenvalue weighted by Gasteiger charge is -2.37. The molecule has 4 nitrogen and oxygen atoms in total. The van der Waals surface area contributed by atoms with Crippen LogP contribution >= 0.6 is 23.1 Å². The SMILES string of the molecule is COCc1nc(N2CCSC(C)C2C)sc1C=O. The molecule has 6 heteroatoms. The van der Waals surface area contributed by atoms with Gasteiger partial charge in [0.05, 0.1) is 17.2 Å². The van der Waals surface area contributed by atoms with Gasteiger partial charge in [-0.25, -0.2) is 4.98 Å². The molecule has 2 unspecified atom stereocenters. The Labute approximate surface area is 116 Å². The monoisotopic (exact) mass is 286 g/mol. The second kappa shape index (κ2) is 6.04. The molecule has 0 saturated carbocycles. The summed E-state index contributed by atoms with van der Waals surface area (Å²) in [7, 11) is 1.62. The summed E-state index contributed by atoms with van der Waals surface area (Å²) in [6.45, 7) is 5.85. The van der Waals surface area contributed by atoms with Gasteiger partial charge >= 0.3 is 0 Å². The van der Waals surface area contributed by atoms with E-state index in [-0.39, 0.29) is 0 Å². The summed E-state index contributed by atoms with van der Waals surface area (Å²) in [5.41, 5.74) is 0.755. The second-order valence-electron chi connectivity index (χ2n) is 4.37. The van der Waals surface area contributed by atoms with Crippen LogP contribution < -0.4 is 4.90 Å². The van der Waals surface area contributed by atoms with Crippen LogP contribution in [-0.4, -0.2) is 42.0 Å². The van der Waals surface area contributed by atoms with Gasteiger partial charge in [0, 0.05) is 30.7 Å². The molecule has 1 aliphatic heterocycles. The predicted molar refractivity (Wildman–Crippen MR) is 76.9 cm³/mol. The zero-order valence-electron chi connectivity index (χ0n) is 10.9. The molecule has 2 atom stereocenters. The predicted octanol–water partition coefficient (Wildman–Crippen LogP) is 2.43. The van der Waals surface area contributed by atoms with Crippen molar-refractivity contribution in [2.75, 3.05) is 24.3 Å². The van der Waals surface area contributed by atoms with Crippen LogP contribution in [0.1, 0.15) is 29.2 Å². The quantitative estimate of drug-likeness (QED) is 0.795. The molecule has 0 radical (unpaired) electrons. The number of carbonyl (C=O) groups excluding carboxylic acids is 1. The average Bonchev–Trinajstić information content (AvgIpc) is 2.76. The van der Waals surface area contributed by atoms with Crippen molar-refractivity contribution in [3.63, 3.8) is 0 Å². The highest BCUT2D eigenvalue weighted by atomic mass is 32.2. The highest BCUT2D eigenvalue weighted by molar-refractivity contribution is 8.00. The first-order valence-corrected chi connectivity index (χ1v) is 7.86. The van der Waals surface area contributed by atoms with Crippen molar-refractivity contribution in [2.45, 2.75) is 31.7 Å². The number of ether oxygens (including phenoxy) is 1. The van der Waals surface area contributed by atoms with Crippen molar-refractivity contribution in [1.29, 1.82) is 0 Å². The van der Waals surface area contributed by atoms with Gasteiger partial charge in [-0.3, -0.25) is 4.79 Å². The minimum atomic E-state index is 0.400. The van der Waals surface area contributed by atoms with Crippen LogP contribution in [0.2, 0.25) is 0 Å². The van der Waals surface area contributed by atoms with Gasteiger partial charge in [-0.2, -0.15) is 11.8 Å². The Kier molecular flexibility index (Phi) is 4.64. The third kappa shape index (κ3) is 2.70. The summed E-state index contributed by atoms with van der Waals surface area (Å²) >= 11 is 3.46. The minimum Gasteiger partial charge on any atom is -0.378 e. The lowest BCUT2D eigenvalue weighted by atomic mass is 10.2. The summed E-state index contributed by atoms with van der Waals surface area (Å²) in [5.74, 6) is 1.11. The van der Waals surface area contributed by atoms with Crippen molar-refractivity contribution in [3.05, 3.63) is 10.6 Å². The van der Waals surface area contributed by atoms with E-state index in [1.165, 1.54) is 11.3 Å². The molecule has 1 aromatic rings. The molecule has 0 bridgehead atoms. The van der Waals surface area contributed by atoms with E-state index >= 15 is 0 Å². The van der Waals surface area contributed by atoms with E-state index in [4.69, 9.17) is 4.74 Å². The molecule has 2 heterocycles. The molecule has 0 aromatic carbocycles. The Hall–Kier alpha value is -0.590. The highest BCUT2D eigenvalue weighted by Gasteiger charge is 2.28. The van der Waals surface area contributed by atoms with E-state index in [0.717, 1.165) is 29.4 Å².